The molecule has 0 saturated heterocycles. The molecule has 3 fully saturated rings. The molecule has 0 heterocycles. The normalized spacial score (nSPS) is 35.4. The Bertz CT molecular complexity index is 843. The molecule has 0 bridgehead atoms. The van der Waals surface area contributed by atoms with Crippen molar-refractivity contribution in [1.82, 2.24) is 0 Å². The van der Waals surface area contributed by atoms with Crippen LogP contribution in [0.1, 0.15) is 176 Å². The fourth-order valence-corrected chi connectivity index (χ4v) is 10.6. The first-order valence-electron chi connectivity index (χ1n) is 18.6. The van der Waals surface area contributed by atoms with Gasteiger partial charge in [-0.3, -0.25) is 4.79 Å². The van der Waals surface area contributed by atoms with Crippen LogP contribution < -0.4 is 0 Å². The number of rotatable bonds is 16. The minimum absolute atomic E-state index is 0.0591. The van der Waals surface area contributed by atoms with Crippen molar-refractivity contribution < 1.29 is 9.53 Å². The molecule has 0 unspecified atom stereocenters. The minimum atomic E-state index is 0.0591. The Morgan fingerprint density at radius 3 is 2.27 bits per heavy atom. The number of esters is 1. The minimum Gasteiger partial charge on any atom is -0.462 e. The number of fused-ring (bicyclic) bond motifs is 5. The number of carbonyl (C=O) groups excluding carboxylic acids is 1. The third-order valence-corrected chi connectivity index (χ3v) is 13.0. The molecule has 0 aromatic carbocycles. The Balaban J connectivity index is 1.24. The Morgan fingerprint density at radius 2 is 1.56 bits per heavy atom. The van der Waals surface area contributed by atoms with Crippen LogP contribution in [-0.2, 0) is 9.53 Å². The van der Waals surface area contributed by atoms with Crippen molar-refractivity contribution >= 4 is 5.97 Å². The molecule has 0 aliphatic heterocycles. The van der Waals surface area contributed by atoms with Gasteiger partial charge in [0.05, 0.1) is 0 Å². The highest BCUT2D eigenvalue weighted by Gasteiger charge is 2.59. The fourth-order valence-electron chi connectivity index (χ4n) is 10.6. The van der Waals surface area contributed by atoms with Crippen molar-refractivity contribution in [1.29, 1.82) is 0 Å². The maximum absolute atomic E-state index is 12.7. The van der Waals surface area contributed by atoms with Crippen molar-refractivity contribution in [3.63, 3.8) is 0 Å². The Morgan fingerprint density at radius 1 is 0.854 bits per heavy atom. The van der Waals surface area contributed by atoms with Gasteiger partial charge in [-0.25, -0.2) is 0 Å². The van der Waals surface area contributed by atoms with E-state index in [1.165, 1.54) is 109 Å². The molecule has 4 aliphatic rings. The van der Waals surface area contributed by atoms with Crippen molar-refractivity contribution in [3.05, 3.63) is 11.6 Å². The summed E-state index contributed by atoms with van der Waals surface area (Å²) >= 11 is 0. The zero-order chi connectivity index (χ0) is 29.5. The van der Waals surface area contributed by atoms with Gasteiger partial charge in [0.2, 0.25) is 0 Å². The van der Waals surface area contributed by atoms with E-state index in [1.54, 1.807) is 5.57 Å². The molecule has 0 amide bonds. The average Bonchev–Trinajstić information content (AvgIpc) is 3.29. The van der Waals surface area contributed by atoms with Gasteiger partial charge in [-0.2, -0.15) is 0 Å². The van der Waals surface area contributed by atoms with Gasteiger partial charge >= 0.3 is 5.97 Å². The van der Waals surface area contributed by atoms with Gasteiger partial charge in [0.15, 0.2) is 0 Å². The second kappa shape index (κ2) is 15.3. The smallest absolute Gasteiger partial charge is 0.306 e. The SMILES string of the molecule is CCCCCCCCCCC[13C](=O)O[13C@H]1CC[C@@]2(C)C(=CC[C@H]3[C@@H]4CC[C@H]([C@H](C)CCCC(C)C)[C@@]4(C)CC[C@@H]32)C1. The largest absolute Gasteiger partial charge is 0.462 e. The fraction of sp³-hybridized carbons (Fsp3) is 0.923. The lowest BCUT2D eigenvalue weighted by Crippen LogP contribution is -2.51. The van der Waals surface area contributed by atoms with Gasteiger partial charge in [-0.05, 0) is 97.7 Å². The monoisotopic (exact) mass is 571 g/mol. The quantitative estimate of drug-likeness (QED) is 0.0798. The second-order valence-electron chi connectivity index (χ2n) is 16.2. The molecule has 4 rings (SSSR count). The summed E-state index contributed by atoms with van der Waals surface area (Å²) in [4.78, 5) is 12.7. The van der Waals surface area contributed by atoms with Crippen LogP contribution >= 0.6 is 0 Å². The number of hydrogen-bond donors (Lipinski definition) is 0. The molecule has 8 atom stereocenters. The molecule has 0 aromatic rings. The van der Waals surface area contributed by atoms with E-state index in [1.807, 2.05) is 0 Å². The highest BCUT2D eigenvalue weighted by atomic mass is 16.7. The predicted octanol–water partition coefficient (Wildman–Crippen LogP) is 11.9. The van der Waals surface area contributed by atoms with Crippen LogP contribution in [0.25, 0.3) is 0 Å². The maximum atomic E-state index is 12.7. The summed E-state index contributed by atoms with van der Waals surface area (Å²) in [6.07, 6.45) is 29.6. The molecule has 0 radical (unpaired) electrons. The first-order valence-corrected chi connectivity index (χ1v) is 18.6. The highest BCUT2D eigenvalue weighted by Crippen LogP contribution is 2.67. The van der Waals surface area contributed by atoms with E-state index in [2.05, 4.69) is 47.6 Å². The molecule has 236 valence electrons. The first kappa shape index (κ1) is 33.1. The Kier molecular flexibility index (Phi) is 12.3. The average molecular weight is 571 g/mol. The zero-order valence-corrected chi connectivity index (χ0v) is 28.3. The molecule has 4 aliphatic carbocycles. The summed E-state index contributed by atoms with van der Waals surface area (Å²) in [5, 5.41) is 0. The number of unbranched alkanes of at least 4 members (excludes halogenated alkanes) is 8. The van der Waals surface area contributed by atoms with Crippen LogP contribution in [0.2, 0.25) is 0 Å². The molecular weight excluding hydrogens is 502 g/mol. The topological polar surface area (TPSA) is 26.3 Å². The molecule has 0 spiro atoms. The molecular formula is C39H68O2. The summed E-state index contributed by atoms with van der Waals surface area (Å²) in [5.74, 6) is 5.34. The zero-order valence-electron chi connectivity index (χ0n) is 28.3. The van der Waals surface area contributed by atoms with Crippen LogP contribution in [0.5, 0.6) is 0 Å². The van der Waals surface area contributed by atoms with Crippen LogP contribution in [-0.4, -0.2) is 12.1 Å². The summed E-state index contributed by atoms with van der Waals surface area (Å²) < 4.78 is 6.09. The van der Waals surface area contributed by atoms with E-state index in [-0.39, 0.29) is 12.1 Å². The number of hydrogen-bond acceptors (Lipinski definition) is 2. The van der Waals surface area contributed by atoms with Gasteiger partial charge < -0.3 is 4.74 Å². The lowest BCUT2D eigenvalue weighted by molar-refractivity contribution is -0.151. The van der Waals surface area contributed by atoms with E-state index in [9.17, 15) is 4.79 Å². The summed E-state index contributed by atoms with van der Waals surface area (Å²) in [6, 6.07) is 0. The van der Waals surface area contributed by atoms with Gasteiger partial charge in [-0.15, -0.1) is 0 Å². The van der Waals surface area contributed by atoms with E-state index in [0.717, 1.165) is 54.8 Å². The van der Waals surface area contributed by atoms with Crippen molar-refractivity contribution in [2.24, 2.45) is 46.3 Å². The van der Waals surface area contributed by atoms with Crippen LogP contribution in [0, 0.1) is 46.3 Å². The summed E-state index contributed by atoms with van der Waals surface area (Å²) in [7, 11) is 0. The molecule has 0 N–H and O–H groups in total. The molecule has 2 heteroatoms. The van der Waals surface area contributed by atoms with Crippen LogP contribution in [0.3, 0.4) is 0 Å². The van der Waals surface area contributed by atoms with Gasteiger partial charge in [0, 0.05) is 12.8 Å². The summed E-state index contributed by atoms with van der Waals surface area (Å²) in [6.45, 7) is 14.9. The lowest BCUT2D eigenvalue weighted by Gasteiger charge is -2.58. The van der Waals surface area contributed by atoms with E-state index in [0.29, 0.717) is 17.3 Å². The maximum Gasteiger partial charge on any atom is 0.306 e. The lowest BCUT2D eigenvalue weighted by atomic mass is 9.47. The molecule has 41 heavy (non-hydrogen) atoms. The first-order chi connectivity index (χ1) is 19.7. The van der Waals surface area contributed by atoms with Gasteiger partial charge in [0.25, 0.3) is 0 Å². The number of carbonyl (C=O) groups is 1. The van der Waals surface area contributed by atoms with Crippen molar-refractivity contribution in [2.45, 2.75) is 182 Å². The van der Waals surface area contributed by atoms with Crippen molar-refractivity contribution in [2.75, 3.05) is 0 Å². The Labute approximate surface area is 255 Å². The van der Waals surface area contributed by atoms with Gasteiger partial charge in [-0.1, -0.05) is 124 Å². The van der Waals surface area contributed by atoms with Crippen molar-refractivity contribution in [3.8, 4) is 0 Å². The molecule has 3 saturated carbocycles. The third-order valence-electron chi connectivity index (χ3n) is 13.0. The van der Waals surface area contributed by atoms with E-state index >= 15 is 0 Å². The van der Waals surface area contributed by atoms with Crippen LogP contribution in [0.15, 0.2) is 11.6 Å². The standard InChI is InChI=1S/C39H68O2/c1-7-8-9-10-11-12-13-14-15-19-37(40)41-32-24-26-38(5)31(28-32)20-21-33-35-23-22-34(30(4)18-16-17-29(2)3)39(35,6)27-25-36(33)38/h20,29-30,32-36H,7-19,21-28H2,1-6H3/t30-,32+,33+,34-,35+,36+,38+,39-/m1/s1/i32+1,37+1. The number of ether oxygens (including phenoxy) is 1. The predicted molar refractivity (Wildman–Crippen MR) is 175 cm³/mol. The van der Waals surface area contributed by atoms with Crippen LogP contribution in [0.4, 0.5) is 0 Å². The highest BCUT2D eigenvalue weighted by molar-refractivity contribution is 5.69. The second-order valence-corrected chi connectivity index (χ2v) is 16.2. The third kappa shape index (κ3) is 8.03. The van der Waals surface area contributed by atoms with Gasteiger partial charge in [0.1, 0.15) is 6.10 Å². The molecule has 2 nitrogen and oxygen atoms in total. The molecule has 0 aromatic heterocycles. The Hall–Kier alpha value is -0.790. The van der Waals surface area contributed by atoms with E-state index in [4.69, 9.17) is 4.74 Å². The number of allylic oxidation sites excluding steroid dienone is 1. The van der Waals surface area contributed by atoms with E-state index < -0.39 is 0 Å². The summed E-state index contributed by atoms with van der Waals surface area (Å²) in [5.41, 5.74) is 2.54.